The Morgan fingerprint density at radius 3 is 2.39 bits per heavy atom. The van der Waals surface area contributed by atoms with Crippen molar-refractivity contribution in [2.75, 3.05) is 14.2 Å². The van der Waals surface area contributed by atoms with Crippen LogP contribution in [0.2, 0.25) is 23.2 Å². The topological polar surface area (TPSA) is 74.3 Å². The minimum absolute atomic E-state index is 0.0306. The molecule has 7 nitrogen and oxygen atoms in total. The lowest BCUT2D eigenvalue weighted by Gasteiger charge is -2.50. The molecule has 0 N–H and O–H groups in total. The van der Waals surface area contributed by atoms with E-state index >= 15 is 0 Å². The van der Waals surface area contributed by atoms with Gasteiger partial charge < -0.3 is 23.5 Å². The summed E-state index contributed by atoms with van der Waals surface area (Å²) < 4.78 is 23.2. The predicted molar refractivity (Wildman–Crippen MR) is 142 cm³/mol. The number of benzene rings is 2. The molecule has 3 atom stereocenters. The highest BCUT2D eigenvalue weighted by molar-refractivity contribution is 6.74. The number of esters is 1. The molecule has 0 bridgehead atoms. The summed E-state index contributed by atoms with van der Waals surface area (Å²) in [5, 5.41) is 0.400. The van der Waals surface area contributed by atoms with Crippen LogP contribution in [0, 0.1) is 5.92 Å². The van der Waals surface area contributed by atoms with Crippen molar-refractivity contribution < 1.29 is 28.2 Å². The molecule has 1 aliphatic heterocycles. The van der Waals surface area contributed by atoms with Crippen LogP contribution in [0.15, 0.2) is 42.5 Å². The van der Waals surface area contributed by atoms with Gasteiger partial charge in [-0.2, -0.15) is 0 Å². The standard InChI is InChI=1S/C27H36ClNO6Si/c1-17(35-36(7,8)27(2,3)4)23-24(30)29(16-19-12-13-21(32-5)15-22(19)33-6)25(23)34-26(31)18-10-9-11-20(28)14-18/h9-15,17,23,25H,16H2,1-8H3/t17-,23+,25-/m1/s1. The number of amides is 1. The number of hydrogen-bond donors (Lipinski definition) is 0. The lowest BCUT2D eigenvalue weighted by molar-refractivity contribution is -0.194. The van der Waals surface area contributed by atoms with Gasteiger partial charge in [0.1, 0.15) is 17.4 Å². The first-order chi connectivity index (χ1) is 16.8. The van der Waals surface area contributed by atoms with Crippen LogP contribution >= 0.6 is 11.6 Å². The van der Waals surface area contributed by atoms with Gasteiger partial charge in [0.15, 0.2) is 14.5 Å². The quantitative estimate of drug-likeness (QED) is 0.227. The van der Waals surface area contributed by atoms with Crippen LogP contribution in [-0.4, -0.2) is 51.6 Å². The predicted octanol–water partition coefficient (Wildman–Crippen LogP) is 5.91. The molecule has 1 aliphatic rings. The number of halogens is 1. The van der Waals surface area contributed by atoms with E-state index in [1.165, 1.54) is 0 Å². The van der Waals surface area contributed by atoms with Gasteiger partial charge in [-0.25, -0.2) is 4.79 Å². The molecule has 0 spiro atoms. The Morgan fingerprint density at radius 1 is 1.11 bits per heavy atom. The molecule has 3 rings (SSSR count). The minimum Gasteiger partial charge on any atom is -0.497 e. The summed E-state index contributed by atoms with van der Waals surface area (Å²) in [4.78, 5) is 28.0. The van der Waals surface area contributed by atoms with Gasteiger partial charge in [-0.3, -0.25) is 4.79 Å². The van der Waals surface area contributed by atoms with Gasteiger partial charge >= 0.3 is 5.97 Å². The van der Waals surface area contributed by atoms with E-state index in [4.69, 9.17) is 30.2 Å². The van der Waals surface area contributed by atoms with Crippen LogP contribution in [0.25, 0.3) is 0 Å². The Balaban J connectivity index is 1.89. The third kappa shape index (κ3) is 5.87. The number of rotatable bonds is 9. The third-order valence-electron chi connectivity index (χ3n) is 7.10. The first kappa shape index (κ1) is 28.0. The summed E-state index contributed by atoms with van der Waals surface area (Å²) in [6.45, 7) is 12.8. The van der Waals surface area contributed by atoms with Crippen LogP contribution in [0.4, 0.5) is 0 Å². The third-order valence-corrected chi connectivity index (χ3v) is 11.9. The maximum absolute atomic E-state index is 13.4. The number of carbonyl (C=O) groups is 2. The molecule has 2 aromatic rings. The van der Waals surface area contributed by atoms with Gasteiger partial charge in [-0.05, 0) is 55.4 Å². The molecule has 1 amide bonds. The molecular weight excluding hydrogens is 498 g/mol. The molecule has 0 radical (unpaired) electrons. The summed E-state index contributed by atoms with van der Waals surface area (Å²) in [6.07, 6.45) is -1.22. The molecule has 0 aliphatic carbocycles. The SMILES string of the molecule is COc1ccc(CN2C(=O)[C@H]([C@@H](C)O[Si](C)(C)C(C)(C)C)[C@H]2OC(=O)c2cccc(Cl)c2)c(OC)c1. The number of carbonyl (C=O) groups excluding carboxylic acids is 2. The Labute approximate surface area is 219 Å². The normalized spacial score (nSPS) is 18.9. The molecule has 1 heterocycles. The first-order valence-electron chi connectivity index (χ1n) is 11.9. The second-order valence-electron chi connectivity index (χ2n) is 10.6. The molecule has 1 fully saturated rings. The summed E-state index contributed by atoms with van der Waals surface area (Å²) in [7, 11) is 0.969. The molecular formula is C27H36ClNO6Si. The Kier molecular flexibility index (Phi) is 8.43. The van der Waals surface area contributed by atoms with Gasteiger partial charge in [0.2, 0.25) is 5.91 Å². The second-order valence-corrected chi connectivity index (χ2v) is 15.8. The summed E-state index contributed by atoms with van der Waals surface area (Å²) in [5.74, 6) is -0.0828. The average molecular weight is 534 g/mol. The molecule has 0 saturated carbocycles. The molecule has 0 unspecified atom stereocenters. The lowest BCUT2D eigenvalue weighted by atomic mass is 9.89. The maximum atomic E-state index is 13.4. The van der Waals surface area contributed by atoms with Crippen LogP contribution < -0.4 is 9.47 Å². The van der Waals surface area contributed by atoms with E-state index in [2.05, 4.69) is 33.9 Å². The Morgan fingerprint density at radius 2 is 1.81 bits per heavy atom. The minimum atomic E-state index is -2.17. The van der Waals surface area contributed by atoms with Crippen LogP contribution in [0.5, 0.6) is 11.5 Å². The largest absolute Gasteiger partial charge is 0.497 e. The van der Waals surface area contributed by atoms with E-state index in [9.17, 15) is 9.59 Å². The Hall–Kier alpha value is -2.55. The highest BCUT2D eigenvalue weighted by Crippen LogP contribution is 2.41. The van der Waals surface area contributed by atoms with E-state index in [0.717, 1.165) is 5.56 Å². The van der Waals surface area contributed by atoms with Crippen molar-refractivity contribution in [2.24, 2.45) is 5.92 Å². The number of β-lactam (4-membered cyclic amide) rings is 1. The zero-order valence-electron chi connectivity index (χ0n) is 22.3. The van der Waals surface area contributed by atoms with Crippen molar-refractivity contribution in [3.05, 3.63) is 58.6 Å². The van der Waals surface area contributed by atoms with E-state index < -0.39 is 32.5 Å². The van der Waals surface area contributed by atoms with Gasteiger partial charge in [-0.1, -0.05) is 38.4 Å². The number of likely N-dealkylation sites (tertiary alicyclic amines) is 1. The van der Waals surface area contributed by atoms with Crippen molar-refractivity contribution in [2.45, 2.75) is 64.7 Å². The van der Waals surface area contributed by atoms with E-state index in [1.807, 2.05) is 13.0 Å². The molecule has 1 saturated heterocycles. The molecule has 36 heavy (non-hydrogen) atoms. The number of nitrogens with zero attached hydrogens (tertiary/aromatic N) is 1. The van der Waals surface area contributed by atoms with Crippen molar-refractivity contribution in [1.82, 2.24) is 4.90 Å². The van der Waals surface area contributed by atoms with Crippen molar-refractivity contribution >= 4 is 31.8 Å². The fourth-order valence-corrected chi connectivity index (χ4v) is 5.58. The monoisotopic (exact) mass is 533 g/mol. The molecule has 2 aromatic carbocycles. The maximum Gasteiger partial charge on any atom is 0.340 e. The zero-order valence-corrected chi connectivity index (χ0v) is 24.0. The van der Waals surface area contributed by atoms with Crippen molar-refractivity contribution in [3.8, 4) is 11.5 Å². The first-order valence-corrected chi connectivity index (χ1v) is 15.2. The molecule has 0 aromatic heterocycles. The van der Waals surface area contributed by atoms with Crippen LogP contribution in [0.1, 0.15) is 43.6 Å². The highest BCUT2D eigenvalue weighted by Gasteiger charge is 2.54. The fraction of sp³-hybridized carbons (Fsp3) is 0.481. The van der Waals surface area contributed by atoms with Gasteiger partial charge in [0, 0.05) is 16.7 Å². The lowest BCUT2D eigenvalue weighted by Crippen LogP contribution is -2.66. The van der Waals surface area contributed by atoms with Crippen LogP contribution in [-0.2, 0) is 20.5 Å². The highest BCUT2D eigenvalue weighted by atomic mass is 35.5. The summed E-state index contributed by atoms with van der Waals surface area (Å²) in [6, 6.07) is 11.9. The average Bonchev–Trinajstić information content (AvgIpc) is 2.80. The van der Waals surface area contributed by atoms with Crippen molar-refractivity contribution in [1.29, 1.82) is 0 Å². The van der Waals surface area contributed by atoms with E-state index in [-0.39, 0.29) is 17.5 Å². The van der Waals surface area contributed by atoms with Gasteiger partial charge in [0.05, 0.1) is 32.4 Å². The van der Waals surface area contributed by atoms with E-state index in [1.54, 1.807) is 55.5 Å². The molecule has 196 valence electrons. The van der Waals surface area contributed by atoms with Gasteiger partial charge in [-0.15, -0.1) is 0 Å². The summed E-state index contributed by atoms with van der Waals surface area (Å²) in [5.41, 5.74) is 1.09. The number of methoxy groups -OCH3 is 2. The van der Waals surface area contributed by atoms with Crippen molar-refractivity contribution in [3.63, 3.8) is 0 Å². The van der Waals surface area contributed by atoms with Gasteiger partial charge in [0.25, 0.3) is 0 Å². The number of ether oxygens (including phenoxy) is 3. The van der Waals surface area contributed by atoms with E-state index in [0.29, 0.717) is 22.1 Å². The summed E-state index contributed by atoms with van der Waals surface area (Å²) >= 11 is 6.07. The smallest absolute Gasteiger partial charge is 0.340 e. The Bertz CT molecular complexity index is 1120. The molecule has 9 heteroatoms. The second kappa shape index (κ2) is 10.8. The zero-order chi connectivity index (χ0) is 26.8. The fourth-order valence-electron chi connectivity index (χ4n) is 3.96. The van der Waals surface area contributed by atoms with Crippen LogP contribution in [0.3, 0.4) is 0 Å². The number of hydrogen-bond acceptors (Lipinski definition) is 6.